The summed E-state index contributed by atoms with van der Waals surface area (Å²) in [6, 6.07) is 0.709. The van der Waals surface area contributed by atoms with Gasteiger partial charge in [0.25, 0.3) is 0 Å². The van der Waals surface area contributed by atoms with Crippen molar-refractivity contribution in [1.29, 1.82) is 0 Å². The van der Waals surface area contributed by atoms with E-state index >= 15 is 0 Å². The van der Waals surface area contributed by atoms with Gasteiger partial charge in [-0.25, -0.2) is 13.1 Å². The largest absolute Gasteiger partial charge is 0.327 e. The van der Waals surface area contributed by atoms with Crippen LogP contribution in [0.25, 0.3) is 0 Å². The van der Waals surface area contributed by atoms with Gasteiger partial charge in [-0.1, -0.05) is 0 Å². The van der Waals surface area contributed by atoms with E-state index < -0.39 is 10.0 Å². The fraction of sp³-hybridized carbons (Fsp3) is 0.769. The highest BCUT2D eigenvalue weighted by Gasteiger charge is 2.60. The van der Waals surface area contributed by atoms with E-state index in [1.54, 1.807) is 10.9 Å². The van der Waals surface area contributed by atoms with Gasteiger partial charge in [-0.3, -0.25) is 4.68 Å². The van der Waals surface area contributed by atoms with Gasteiger partial charge in [-0.05, 0) is 43.9 Å². The molecular weight excluding hydrogens is 276 g/mol. The maximum absolute atomic E-state index is 12.3. The molecule has 4 rings (SSSR count). The molecule has 0 saturated heterocycles. The lowest BCUT2D eigenvalue weighted by atomic mass is 9.77. The predicted molar refractivity (Wildman–Crippen MR) is 73.5 cm³/mol. The first-order valence-corrected chi connectivity index (χ1v) is 8.79. The van der Waals surface area contributed by atoms with Gasteiger partial charge in [0.15, 0.2) is 0 Å². The van der Waals surface area contributed by atoms with Crippen LogP contribution in [0.15, 0.2) is 17.3 Å². The molecule has 110 valence electrons. The Morgan fingerprint density at radius 3 is 2.60 bits per heavy atom. The molecular formula is C13H20N4O2S. The summed E-state index contributed by atoms with van der Waals surface area (Å²) in [4.78, 5) is 0.283. The summed E-state index contributed by atoms with van der Waals surface area (Å²) in [5.41, 5.74) is 6.12. The van der Waals surface area contributed by atoms with Crippen molar-refractivity contribution in [2.75, 3.05) is 0 Å². The molecule has 1 atom stereocenters. The molecule has 1 aromatic heterocycles. The lowest BCUT2D eigenvalue weighted by Gasteiger charge is -2.36. The van der Waals surface area contributed by atoms with E-state index in [1.807, 2.05) is 0 Å². The molecule has 7 heteroatoms. The zero-order chi connectivity index (χ0) is 14.0. The SMILES string of the molecule is NC1CC12CC(NS(=O)(=O)c1cnn(C3CCC3)c1)C2. The molecule has 1 heterocycles. The highest BCUT2D eigenvalue weighted by atomic mass is 32.2. The molecule has 0 bridgehead atoms. The van der Waals surface area contributed by atoms with Gasteiger partial charge in [0.05, 0.1) is 12.2 Å². The van der Waals surface area contributed by atoms with Crippen molar-refractivity contribution in [3.63, 3.8) is 0 Å². The minimum absolute atomic E-state index is 0.0422. The first-order valence-electron chi connectivity index (χ1n) is 7.31. The molecule has 1 spiro atoms. The summed E-state index contributed by atoms with van der Waals surface area (Å²) in [5, 5.41) is 4.19. The minimum Gasteiger partial charge on any atom is -0.327 e. The molecule has 0 aromatic carbocycles. The van der Waals surface area contributed by atoms with Crippen molar-refractivity contribution >= 4 is 10.0 Å². The topological polar surface area (TPSA) is 90.0 Å². The van der Waals surface area contributed by atoms with Gasteiger partial charge in [0.1, 0.15) is 4.90 Å². The molecule has 3 fully saturated rings. The number of nitrogens with one attached hydrogen (secondary N) is 1. The van der Waals surface area contributed by atoms with Gasteiger partial charge >= 0.3 is 0 Å². The quantitative estimate of drug-likeness (QED) is 0.858. The second-order valence-corrected chi connectivity index (χ2v) is 8.35. The molecule has 3 aliphatic carbocycles. The van der Waals surface area contributed by atoms with Crippen LogP contribution in [-0.4, -0.2) is 30.3 Å². The van der Waals surface area contributed by atoms with Crippen molar-refractivity contribution in [1.82, 2.24) is 14.5 Å². The van der Waals surface area contributed by atoms with Crippen molar-refractivity contribution in [3.05, 3.63) is 12.4 Å². The molecule has 3 aliphatic rings. The third-order valence-corrected chi connectivity index (χ3v) is 6.69. The van der Waals surface area contributed by atoms with E-state index in [2.05, 4.69) is 9.82 Å². The Bertz CT molecular complexity index is 629. The molecule has 0 radical (unpaired) electrons. The Morgan fingerprint density at radius 2 is 2.05 bits per heavy atom. The van der Waals surface area contributed by atoms with Gasteiger partial charge in [0, 0.05) is 18.3 Å². The number of hydrogen-bond donors (Lipinski definition) is 2. The van der Waals surface area contributed by atoms with Crippen LogP contribution < -0.4 is 10.5 Å². The summed E-state index contributed by atoms with van der Waals surface area (Å²) in [5.74, 6) is 0. The van der Waals surface area contributed by atoms with E-state index in [0.717, 1.165) is 32.1 Å². The zero-order valence-electron chi connectivity index (χ0n) is 11.3. The molecule has 0 amide bonds. The van der Waals surface area contributed by atoms with Gasteiger partial charge in [0.2, 0.25) is 10.0 Å². The summed E-state index contributed by atoms with van der Waals surface area (Å²) < 4.78 is 29.2. The number of aromatic nitrogens is 2. The highest BCUT2D eigenvalue weighted by Crippen LogP contribution is 2.59. The number of rotatable bonds is 4. The second kappa shape index (κ2) is 4.05. The van der Waals surface area contributed by atoms with Crippen LogP contribution in [0.5, 0.6) is 0 Å². The van der Waals surface area contributed by atoms with Gasteiger partial charge in [-0.2, -0.15) is 5.10 Å². The van der Waals surface area contributed by atoms with E-state index in [0.29, 0.717) is 6.04 Å². The lowest BCUT2D eigenvalue weighted by Crippen LogP contribution is -2.47. The van der Waals surface area contributed by atoms with Crippen LogP contribution in [0.2, 0.25) is 0 Å². The van der Waals surface area contributed by atoms with Crippen molar-refractivity contribution in [3.8, 4) is 0 Å². The van der Waals surface area contributed by atoms with Crippen LogP contribution >= 0.6 is 0 Å². The normalized spacial score (nSPS) is 36.6. The van der Waals surface area contributed by atoms with Crippen molar-refractivity contribution < 1.29 is 8.42 Å². The van der Waals surface area contributed by atoms with Gasteiger partial charge < -0.3 is 5.73 Å². The Balaban J connectivity index is 1.42. The third-order valence-electron chi connectivity index (χ3n) is 5.22. The fourth-order valence-electron chi connectivity index (χ4n) is 3.45. The number of nitrogens with two attached hydrogens (primary N) is 1. The van der Waals surface area contributed by atoms with Crippen molar-refractivity contribution in [2.45, 2.75) is 61.5 Å². The number of hydrogen-bond acceptors (Lipinski definition) is 4. The average molecular weight is 296 g/mol. The Morgan fingerprint density at radius 1 is 1.35 bits per heavy atom. The Hall–Kier alpha value is -0.920. The number of nitrogens with zero attached hydrogens (tertiary/aromatic N) is 2. The van der Waals surface area contributed by atoms with Crippen LogP contribution in [0.3, 0.4) is 0 Å². The predicted octanol–water partition coefficient (Wildman–Crippen LogP) is 0.766. The first kappa shape index (κ1) is 12.8. The molecule has 6 nitrogen and oxygen atoms in total. The van der Waals surface area contributed by atoms with Crippen molar-refractivity contribution in [2.24, 2.45) is 11.1 Å². The van der Waals surface area contributed by atoms with Crippen LogP contribution in [-0.2, 0) is 10.0 Å². The average Bonchev–Trinajstić information content (AvgIpc) is 2.70. The fourth-order valence-corrected chi connectivity index (χ4v) is 4.63. The van der Waals surface area contributed by atoms with Crippen LogP contribution in [0, 0.1) is 5.41 Å². The molecule has 3 N–H and O–H groups in total. The van der Waals surface area contributed by atoms with Crippen LogP contribution in [0.4, 0.5) is 0 Å². The zero-order valence-corrected chi connectivity index (χ0v) is 12.1. The molecule has 0 aliphatic heterocycles. The Labute approximate surface area is 118 Å². The Kier molecular flexibility index (Phi) is 2.59. The minimum atomic E-state index is -3.43. The third kappa shape index (κ3) is 1.91. The first-order chi connectivity index (χ1) is 9.48. The molecule has 20 heavy (non-hydrogen) atoms. The smallest absolute Gasteiger partial charge is 0.243 e. The summed E-state index contributed by atoms with van der Waals surface area (Å²) in [6.07, 6.45) is 9.31. The molecule has 1 unspecified atom stereocenters. The molecule has 1 aromatic rings. The molecule has 3 saturated carbocycles. The van der Waals surface area contributed by atoms with Gasteiger partial charge in [-0.15, -0.1) is 0 Å². The summed E-state index contributed by atoms with van der Waals surface area (Å²) in [6.45, 7) is 0. The van der Waals surface area contributed by atoms with E-state index in [-0.39, 0.29) is 22.4 Å². The second-order valence-electron chi connectivity index (χ2n) is 6.64. The lowest BCUT2D eigenvalue weighted by molar-refractivity contribution is 0.215. The highest BCUT2D eigenvalue weighted by molar-refractivity contribution is 7.89. The maximum atomic E-state index is 12.3. The van der Waals surface area contributed by atoms with Crippen LogP contribution in [0.1, 0.15) is 44.6 Å². The van der Waals surface area contributed by atoms with E-state index in [9.17, 15) is 8.42 Å². The standard InChI is InChI=1S/C13H20N4O2S/c14-12-6-13(12)4-9(5-13)16-20(18,19)11-7-15-17(8-11)10-2-1-3-10/h7-10,12,16H,1-6,14H2. The number of sulfonamides is 1. The van der Waals surface area contributed by atoms with E-state index in [1.165, 1.54) is 12.6 Å². The summed E-state index contributed by atoms with van der Waals surface area (Å²) >= 11 is 0. The monoisotopic (exact) mass is 296 g/mol. The van der Waals surface area contributed by atoms with E-state index in [4.69, 9.17) is 5.73 Å². The summed E-state index contributed by atoms with van der Waals surface area (Å²) in [7, 11) is -3.43. The maximum Gasteiger partial charge on any atom is 0.243 e.